The van der Waals surface area contributed by atoms with Gasteiger partial charge in [-0.05, 0) is 24.8 Å². The predicted octanol–water partition coefficient (Wildman–Crippen LogP) is 4.18. The molecule has 30 heavy (non-hydrogen) atoms. The van der Waals surface area contributed by atoms with Crippen LogP contribution in [0.4, 0.5) is 22.0 Å². The highest BCUT2D eigenvalue weighted by Gasteiger charge is 2.42. The number of rotatable bonds is 7. The Balaban J connectivity index is 2.11. The van der Waals surface area contributed by atoms with Crippen molar-refractivity contribution in [2.45, 2.75) is 43.2 Å². The third kappa shape index (κ3) is 4.08. The quantitative estimate of drug-likeness (QED) is 0.362. The van der Waals surface area contributed by atoms with Gasteiger partial charge in [0.05, 0.1) is 12.1 Å². The Morgan fingerprint density at radius 1 is 1.00 bits per heavy atom. The molecule has 3 rings (SSSR count). The van der Waals surface area contributed by atoms with E-state index >= 15 is 0 Å². The van der Waals surface area contributed by atoms with Crippen LogP contribution in [0.25, 0.3) is 0 Å². The minimum absolute atomic E-state index is 0.147. The molecule has 1 aliphatic heterocycles. The van der Waals surface area contributed by atoms with Gasteiger partial charge in [0, 0.05) is 13.2 Å². The van der Waals surface area contributed by atoms with Gasteiger partial charge in [-0.25, -0.2) is 30.4 Å². The third-order valence-corrected chi connectivity index (χ3v) is 7.12. The predicted molar refractivity (Wildman–Crippen MR) is 98.7 cm³/mol. The molecule has 2 aromatic rings. The Morgan fingerprint density at radius 3 is 2.07 bits per heavy atom. The van der Waals surface area contributed by atoms with Crippen LogP contribution in [0.1, 0.15) is 25.3 Å². The summed E-state index contributed by atoms with van der Waals surface area (Å²) in [6.07, 6.45) is 0.728. The van der Waals surface area contributed by atoms with E-state index in [4.69, 9.17) is 4.74 Å². The fourth-order valence-corrected chi connectivity index (χ4v) is 5.46. The van der Waals surface area contributed by atoms with E-state index < -0.39 is 56.2 Å². The zero-order valence-corrected chi connectivity index (χ0v) is 16.9. The largest absolute Gasteiger partial charge is 0.377 e. The minimum atomic E-state index is -5.07. The van der Waals surface area contributed by atoms with E-state index in [-0.39, 0.29) is 13.0 Å². The van der Waals surface area contributed by atoms with Crippen molar-refractivity contribution in [2.24, 2.45) is 0 Å². The van der Waals surface area contributed by atoms with Crippen molar-refractivity contribution < 1.29 is 35.1 Å². The summed E-state index contributed by atoms with van der Waals surface area (Å²) in [6, 6.07) is 7.88. The number of benzene rings is 2. The molecule has 0 bridgehead atoms. The lowest BCUT2D eigenvalue weighted by Crippen LogP contribution is -2.48. The van der Waals surface area contributed by atoms with Gasteiger partial charge in [-0.15, -0.1) is 0 Å². The summed E-state index contributed by atoms with van der Waals surface area (Å²) < 4.78 is 102. The summed E-state index contributed by atoms with van der Waals surface area (Å²) in [7, 11) is -5.07. The van der Waals surface area contributed by atoms with Gasteiger partial charge in [-0.2, -0.15) is 4.31 Å². The molecule has 164 valence electrons. The van der Waals surface area contributed by atoms with Crippen LogP contribution in [0.5, 0.6) is 0 Å². The lowest BCUT2D eigenvalue weighted by atomic mass is 9.99. The summed E-state index contributed by atoms with van der Waals surface area (Å²) in [6.45, 7) is 1.56. The fourth-order valence-electron chi connectivity index (χ4n) is 3.69. The first-order chi connectivity index (χ1) is 14.2. The molecular weight excluding hydrogens is 429 g/mol. The highest BCUT2D eigenvalue weighted by atomic mass is 32.2. The molecule has 0 radical (unpaired) electrons. The number of likely N-dealkylation sites (N-methyl/N-ethyl adjacent to an activating group) is 1. The van der Waals surface area contributed by atoms with E-state index in [0.29, 0.717) is 19.4 Å². The van der Waals surface area contributed by atoms with Crippen LogP contribution >= 0.6 is 0 Å². The van der Waals surface area contributed by atoms with Crippen LogP contribution in [0.2, 0.25) is 0 Å². The summed E-state index contributed by atoms with van der Waals surface area (Å²) in [5, 5.41) is 0. The van der Waals surface area contributed by atoms with E-state index in [9.17, 15) is 30.4 Å². The first-order valence-corrected chi connectivity index (χ1v) is 10.8. The van der Waals surface area contributed by atoms with E-state index in [2.05, 4.69) is 0 Å². The molecule has 1 heterocycles. The van der Waals surface area contributed by atoms with Gasteiger partial charge in [-0.3, -0.25) is 0 Å². The maximum Gasteiger partial charge on any atom is 0.249 e. The number of sulfonamides is 1. The van der Waals surface area contributed by atoms with Crippen molar-refractivity contribution in [1.82, 2.24) is 4.31 Å². The van der Waals surface area contributed by atoms with Crippen LogP contribution in [0.15, 0.2) is 35.2 Å². The molecule has 1 aliphatic rings. The van der Waals surface area contributed by atoms with Crippen molar-refractivity contribution >= 4 is 10.0 Å². The number of hydrogen-bond donors (Lipinski definition) is 0. The van der Waals surface area contributed by atoms with Crippen molar-refractivity contribution in [2.75, 3.05) is 13.2 Å². The second-order valence-corrected chi connectivity index (χ2v) is 8.74. The van der Waals surface area contributed by atoms with Gasteiger partial charge in [0.2, 0.25) is 15.8 Å². The Labute approximate surface area is 171 Å². The molecule has 0 spiro atoms. The summed E-state index contributed by atoms with van der Waals surface area (Å²) in [5.41, 5.74) is 0.740. The summed E-state index contributed by atoms with van der Waals surface area (Å²) >= 11 is 0. The molecule has 0 N–H and O–H groups in total. The molecule has 10 heteroatoms. The molecule has 1 saturated heterocycles. The lowest BCUT2D eigenvalue weighted by molar-refractivity contribution is 0.0536. The van der Waals surface area contributed by atoms with Gasteiger partial charge in [-0.1, -0.05) is 37.3 Å². The normalized spacial score (nSPS) is 18.2. The van der Waals surface area contributed by atoms with Crippen LogP contribution in [-0.2, 0) is 21.2 Å². The maximum atomic E-state index is 14.3. The monoisotopic (exact) mass is 449 g/mol. The Bertz CT molecular complexity index is 982. The SMILES string of the molecule is CCN(C(Cc1ccccc1)C1CCCO1)S(=O)(=O)c1c(F)c(F)c(F)c(F)c1F. The summed E-state index contributed by atoms with van der Waals surface area (Å²) in [5.74, 6) is -11.8. The summed E-state index contributed by atoms with van der Waals surface area (Å²) in [4.78, 5) is -1.85. The Morgan fingerprint density at radius 2 is 1.57 bits per heavy atom. The minimum Gasteiger partial charge on any atom is -0.377 e. The van der Waals surface area contributed by atoms with Crippen LogP contribution in [0, 0.1) is 29.1 Å². The van der Waals surface area contributed by atoms with Gasteiger partial charge in [0.15, 0.2) is 28.2 Å². The van der Waals surface area contributed by atoms with Gasteiger partial charge >= 0.3 is 0 Å². The molecule has 2 aromatic carbocycles. The maximum absolute atomic E-state index is 14.3. The van der Waals surface area contributed by atoms with Crippen molar-refractivity contribution in [3.8, 4) is 0 Å². The molecule has 0 aliphatic carbocycles. The zero-order valence-electron chi connectivity index (χ0n) is 16.0. The second kappa shape index (κ2) is 8.99. The van der Waals surface area contributed by atoms with E-state index in [1.807, 2.05) is 0 Å². The molecule has 0 amide bonds. The third-order valence-electron chi connectivity index (χ3n) is 5.10. The van der Waals surface area contributed by atoms with E-state index in [1.165, 1.54) is 6.92 Å². The smallest absolute Gasteiger partial charge is 0.249 e. The number of ether oxygens (including phenoxy) is 1. The highest BCUT2D eigenvalue weighted by Crippen LogP contribution is 2.32. The molecule has 0 aromatic heterocycles. The van der Waals surface area contributed by atoms with Crippen LogP contribution in [-0.4, -0.2) is 38.0 Å². The van der Waals surface area contributed by atoms with E-state index in [0.717, 1.165) is 9.87 Å². The van der Waals surface area contributed by atoms with Gasteiger partial charge in [0.25, 0.3) is 0 Å². The average Bonchev–Trinajstić information content (AvgIpc) is 3.26. The number of halogens is 5. The molecule has 2 atom stereocenters. The Kier molecular flexibility index (Phi) is 6.78. The lowest BCUT2D eigenvalue weighted by Gasteiger charge is -2.34. The van der Waals surface area contributed by atoms with Gasteiger partial charge < -0.3 is 4.74 Å². The standard InChI is InChI=1S/C20H20F5NO3S/c1-2-26(13(14-9-6-10-29-14)11-12-7-4-3-5-8-12)30(27,28)20-18(24)16(22)15(21)17(23)19(20)25/h3-5,7-8,13-14H,2,6,9-11H2,1H3. The average molecular weight is 449 g/mol. The van der Waals surface area contributed by atoms with Crippen molar-refractivity contribution in [3.05, 3.63) is 65.0 Å². The number of nitrogens with zero attached hydrogens (tertiary/aromatic N) is 1. The molecule has 4 nitrogen and oxygen atoms in total. The highest BCUT2D eigenvalue weighted by molar-refractivity contribution is 7.89. The van der Waals surface area contributed by atoms with Crippen LogP contribution in [0.3, 0.4) is 0 Å². The first kappa shape index (κ1) is 22.6. The molecule has 2 unspecified atom stereocenters. The van der Waals surface area contributed by atoms with Crippen LogP contribution < -0.4 is 0 Å². The molecular formula is C20H20F5NO3S. The zero-order chi connectivity index (χ0) is 22.1. The molecule has 0 saturated carbocycles. The van der Waals surface area contributed by atoms with E-state index in [1.54, 1.807) is 30.3 Å². The van der Waals surface area contributed by atoms with Gasteiger partial charge in [0.1, 0.15) is 0 Å². The second-order valence-electron chi connectivity index (χ2n) is 6.92. The molecule has 1 fully saturated rings. The first-order valence-electron chi connectivity index (χ1n) is 9.38. The number of hydrogen-bond acceptors (Lipinski definition) is 3. The fraction of sp³-hybridized carbons (Fsp3) is 0.400. The van der Waals surface area contributed by atoms with Crippen molar-refractivity contribution in [3.63, 3.8) is 0 Å². The topological polar surface area (TPSA) is 46.6 Å². The Hall–Kier alpha value is -2.04. The van der Waals surface area contributed by atoms with Crippen molar-refractivity contribution in [1.29, 1.82) is 0 Å².